The minimum atomic E-state index is -0.0172. The fourth-order valence-corrected chi connectivity index (χ4v) is 2.46. The molecule has 1 aromatic rings. The molecule has 1 fully saturated rings. The normalized spacial score (nSPS) is 20.5. The number of hydrazine groups is 1. The van der Waals surface area contributed by atoms with Crippen LogP contribution in [0.4, 0.5) is 4.79 Å². The van der Waals surface area contributed by atoms with Gasteiger partial charge in [-0.3, -0.25) is 5.01 Å². The summed E-state index contributed by atoms with van der Waals surface area (Å²) in [6, 6.07) is -0.0172. The second-order valence-electron chi connectivity index (χ2n) is 4.48. The molecular weight excluding hydrogens is 234 g/mol. The van der Waals surface area contributed by atoms with Crippen molar-refractivity contribution in [1.29, 1.82) is 0 Å². The van der Waals surface area contributed by atoms with Gasteiger partial charge in [-0.05, 0) is 0 Å². The second kappa shape index (κ2) is 4.68. The van der Waals surface area contributed by atoms with Crippen LogP contribution in [0.25, 0.3) is 0 Å². The molecule has 0 spiro atoms. The average molecular weight is 251 g/mol. The van der Waals surface area contributed by atoms with Crippen LogP contribution in [-0.4, -0.2) is 58.9 Å². The molecule has 1 amide bonds. The fraction of sp³-hybridized carbons (Fsp3) is 0.636. The first kappa shape index (κ1) is 11.6. The molecule has 3 heterocycles. The van der Waals surface area contributed by atoms with E-state index in [0.29, 0.717) is 19.0 Å². The highest BCUT2D eigenvalue weighted by molar-refractivity contribution is 5.80. The van der Waals surface area contributed by atoms with E-state index in [2.05, 4.69) is 15.3 Å². The number of imidazole rings is 1. The molecule has 7 heteroatoms. The molecule has 1 saturated heterocycles. The zero-order valence-corrected chi connectivity index (χ0v) is 10.4. The van der Waals surface area contributed by atoms with Crippen molar-refractivity contribution in [2.75, 3.05) is 33.3 Å². The number of methoxy groups -OCH3 is 1. The molecule has 2 aliphatic heterocycles. The lowest BCUT2D eigenvalue weighted by molar-refractivity contribution is 0.00768. The summed E-state index contributed by atoms with van der Waals surface area (Å²) >= 11 is 0. The van der Waals surface area contributed by atoms with Crippen molar-refractivity contribution in [3.8, 4) is 0 Å². The molecule has 3 rings (SSSR count). The highest BCUT2D eigenvalue weighted by atomic mass is 16.5. The Morgan fingerprint density at radius 1 is 1.44 bits per heavy atom. The van der Waals surface area contributed by atoms with Crippen molar-refractivity contribution in [3.63, 3.8) is 0 Å². The van der Waals surface area contributed by atoms with E-state index >= 15 is 0 Å². The fourth-order valence-electron chi connectivity index (χ4n) is 2.46. The summed E-state index contributed by atoms with van der Waals surface area (Å²) in [4.78, 5) is 16.6. The van der Waals surface area contributed by atoms with Crippen LogP contribution in [0.1, 0.15) is 11.5 Å². The van der Waals surface area contributed by atoms with Crippen molar-refractivity contribution in [1.82, 2.24) is 24.9 Å². The van der Waals surface area contributed by atoms with E-state index in [1.165, 1.54) is 0 Å². The van der Waals surface area contributed by atoms with Gasteiger partial charge in [-0.1, -0.05) is 0 Å². The van der Waals surface area contributed by atoms with Crippen LogP contribution in [0.15, 0.2) is 6.20 Å². The molecule has 0 aliphatic carbocycles. The van der Waals surface area contributed by atoms with Crippen LogP contribution in [0, 0.1) is 0 Å². The average Bonchev–Trinajstić information content (AvgIpc) is 2.93. The van der Waals surface area contributed by atoms with Crippen molar-refractivity contribution >= 4 is 6.03 Å². The Morgan fingerprint density at radius 3 is 2.94 bits per heavy atom. The smallest absolute Gasteiger partial charge is 0.344 e. The van der Waals surface area contributed by atoms with E-state index in [1.807, 2.05) is 0 Å². The topological polar surface area (TPSA) is 62.6 Å². The summed E-state index contributed by atoms with van der Waals surface area (Å²) in [6.07, 6.45) is 1.76. The second-order valence-corrected chi connectivity index (χ2v) is 4.48. The van der Waals surface area contributed by atoms with Crippen LogP contribution < -0.4 is 5.32 Å². The summed E-state index contributed by atoms with van der Waals surface area (Å²) < 4.78 is 6.72. The predicted molar refractivity (Wildman–Crippen MR) is 63.7 cm³/mol. The maximum Gasteiger partial charge on any atom is 0.344 e. The summed E-state index contributed by atoms with van der Waals surface area (Å²) in [5, 5.41) is 7.18. The summed E-state index contributed by atoms with van der Waals surface area (Å²) in [6.45, 7) is 4.54. The lowest BCUT2D eigenvalue weighted by Crippen LogP contribution is -2.52. The summed E-state index contributed by atoms with van der Waals surface area (Å²) in [5.41, 5.74) is 0.936. The molecule has 18 heavy (non-hydrogen) atoms. The first-order valence-corrected chi connectivity index (χ1v) is 6.13. The van der Waals surface area contributed by atoms with E-state index in [9.17, 15) is 4.79 Å². The quantitative estimate of drug-likeness (QED) is 0.794. The van der Waals surface area contributed by atoms with Crippen LogP contribution in [0.3, 0.4) is 0 Å². The molecule has 0 aromatic carbocycles. The van der Waals surface area contributed by atoms with Gasteiger partial charge in [-0.15, -0.1) is 0 Å². The monoisotopic (exact) mass is 251 g/mol. The number of aromatic nitrogens is 2. The van der Waals surface area contributed by atoms with E-state index in [4.69, 9.17) is 4.74 Å². The SMILES string of the molecule is COCc1ncc2n1C(=O)N(N1CCNCC1)C2. The Labute approximate surface area is 105 Å². The van der Waals surface area contributed by atoms with E-state index in [1.54, 1.807) is 22.9 Å². The first-order valence-electron chi connectivity index (χ1n) is 6.13. The van der Waals surface area contributed by atoms with Crippen LogP contribution in [0.2, 0.25) is 0 Å². The van der Waals surface area contributed by atoms with Crippen LogP contribution in [-0.2, 0) is 17.9 Å². The van der Waals surface area contributed by atoms with Gasteiger partial charge in [0.05, 0.1) is 18.4 Å². The van der Waals surface area contributed by atoms with Crippen molar-refractivity contribution < 1.29 is 9.53 Å². The van der Waals surface area contributed by atoms with Gasteiger partial charge in [0.1, 0.15) is 12.4 Å². The molecular formula is C11H17N5O2. The number of nitrogens with zero attached hydrogens (tertiary/aromatic N) is 4. The lowest BCUT2D eigenvalue weighted by atomic mass is 10.4. The number of carbonyl (C=O) groups is 1. The number of carbonyl (C=O) groups excluding carboxylic acids is 1. The lowest BCUT2D eigenvalue weighted by Gasteiger charge is -2.34. The van der Waals surface area contributed by atoms with Gasteiger partial charge in [0.15, 0.2) is 0 Å². The Balaban J connectivity index is 1.80. The van der Waals surface area contributed by atoms with E-state index < -0.39 is 0 Å². The third-order valence-electron chi connectivity index (χ3n) is 3.34. The zero-order chi connectivity index (χ0) is 12.5. The van der Waals surface area contributed by atoms with Gasteiger partial charge in [0.25, 0.3) is 0 Å². The molecule has 0 bridgehead atoms. The standard InChI is InChI=1S/C11H17N5O2/c1-18-8-10-13-6-9-7-15(11(17)16(9)10)14-4-2-12-3-5-14/h6,12H,2-5,7-8H2,1H3. The van der Waals surface area contributed by atoms with Gasteiger partial charge in [0, 0.05) is 33.3 Å². The number of hydrogen-bond acceptors (Lipinski definition) is 5. The van der Waals surface area contributed by atoms with E-state index in [0.717, 1.165) is 31.9 Å². The van der Waals surface area contributed by atoms with Crippen molar-refractivity contribution in [2.45, 2.75) is 13.2 Å². The molecule has 0 atom stereocenters. The van der Waals surface area contributed by atoms with Crippen LogP contribution >= 0.6 is 0 Å². The predicted octanol–water partition coefficient (Wildman–Crippen LogP) is -0.367. The molecule has 98 valence electrons. The first-order chi connectivity index (χ1) is 8.81. The molecule has 0 radical (unpaired) electrons. The molecule has 0 unspecified atom stereocenters. The Kier molecular flexibility index (Phi) is 3.02. The number of hydrogen-bond donors (Lipinski definition) is 1. The third kappa shape index (κ3) is 1.80. The minimum Gasteiger partial charge on any atom is -0.377 e. The molecule has 0 saturated carbocycles. The zero-order valence-electron chi connectivity index (χ0n) is 10.4. The largest absolute Gasteiger partial charge is 0.377 e. The highest BCUT2D eigenvalue weighted by Crippen LogP contribution is 2.21. The van der Waals surface area contributed by atoms with Gasteiger partial charge < -0.3 is 10.1 Å². The summed E-state index contributed by atoms with van der Waals surface area (Å²) in [7, 11) is 1.61. The maximum atomic E-state index is 12.4. The number of piperazine rings is 1. The molecule has 2 aliphatic rings. The number of nitrogens with one attached hydrogen (secondary N) is 1. The molecule has 1 N–H and O–H groups in total. The van der Waals surface area contributed by atoms with Gasteiger partial charge in [0.2, 0.25) is 0 Å². The molecule has 1 aromatic heterocycles. The highest BCUT2D eigenvalue weighted by Gasteiger charge is 2.34. The Hall–Kier alpha value is -1.44. The number of amides is 1. The third-order valence-corrected chi connectivity index (χ3v) is 3.34. The van der Waals surface area contributed by atoms with Gasteiger partial charge in [-0.25, -0.2) is 19.4 Å². The number of rotatable bonds is 3. The summed E-state index contributed by atoms with van der Waals surface area (Å²) in [5.74, 6) is 0.676. The van der Waals surface area contributed by atoms with Crippen molar-refractivity contribution in [3.05, 3.63) is 17.7 Å². The minimum absolute atomic E-state index is 0.0172. The number of fused-ring (bicyclic) bond motifs is 1. The Bertz CT molecular complexity index is 452. The van der Waals surface area contributed by atoms with Gasteiger partial charge in [-0.2, -0.15) is 0 Å². The van der Waals surface area contributed by atoms with Crippen LogP contribution in [0.5, 0.6) is 0 Å². The number of ether oxygens (including phenoxy) is 1. The van der Waals surface area contributed by atoms with Crippen molar-refractivity contribution in [2.24, 2.45) is 0 Å². The molecule has 7 nitrogen and oxygen atoms in total. The van der Waals surface area contributed by atoms with E-state index in [-0.39, 0.29) is 6.03 Å². The van der Waals surface area contributed by atoms with Gasteiger partial charge >= 0.3 is 6.03 Å². The Morgan fingerprint density at radius 2 is 2.22 bits per heavy atom. The maximum absolute atomic E-state index is 12.4.